The SMILES string of the molecule is CC(C)(C)OC(=O)N1CCC(CCOC(=O)N2CCc3cc(S(=O)(=O)N4CCCC4)ccc32)CC1. The van der Waals surface area contributed by atoms with Gasteiger partial charge in [0, 0.05) is 32.7 Å². The molecule has 194 valence electrons. The van der Waals surface area contributed by atoms with Gasteiger partial charge in [-0.15, -0.1) is 0 Å². The summed E-state index contributed by atoms with van der Waals surface area (Å²) in [5, 5.41) is 0. The van der Waals surface area contributed by atoms with Gasteiger partial charge < -0.3 is 14.4 Å². The zero-order valence-corrected chi connectivity index (χ0v) is 21.8. The third-order valence-corrected chi connectivity index (χ3v) is 8.78. The van der Waals surface area contributed by atoms with Crippen molar-refractivity contribution in [2.45, 2.75) is 69.8 Å². The first kappa shape index (κ1) is 25.8. The average Bonchev–Trinajstić information content (AvgIpc) is 3.48. The molecular weight excluding hydrogens is 470 g/mol. The molecule has 0 atom stereocenters. The lowest BCUT2D eigenvalue weighted by Crippen LogP contribution is -2.42. The average molecular weight is 508 g/mol. The normalized spacial score (nSPS) is 19.6. The van der Waals surface area contributed by atoms with E-state index >= 15 is 0 Å². The minimum absolute atomic E-state index is 0.272. The highest BCUT2D eigenvalue weighted by atomic mass is 32.2. The van der Waals surface area contributed by atoms with Gasteiger partial charge in [0.1, 0.15) is 5.60 Å². The summed E-state index contributed by atoms with van der Waals surface area (Å²) < 4.78 is 38.2. The fourth-order valence-electron chi connectivity index (χ4n) is 4.93. The van der Waals surface area contributed by atoms with Crippen molar-refractivity contribution in [3.8, 4) is 0 Å². The Morgan fingerprint density at radius 3 is 2.34 bits per heavy atom. The second kappa shape index (κ2) is 10.3. The number of piperidine rings is 1. The number of rotatable bonds is 5. The quantitative estimate of drug-likeness (QED) is 0.598. The van der Waals surface area contributed by atoms with Crippen molar-refractivity contribution in [3.05, 3.63) is 23.8 Å². The molecule has 9 nitrogen and oxygen atoms in total. The van der Waals surface area contributed by atoms with Crippen LogP contribution in [-0.4, -0.2) is 74.7 Å². The Labute approximate surface area is 208 Å². The number of fused-ring (bicyclic) bond motifs is 1. The van der Waals surface area contributed by atoms with Crippen LogP contribution in [0, 0.1) is 5.92 Å². The molecule has 1 aromatic carbocycles. The third kappa shape index (κ3) is 6.09. The molecule has 0 unspecified atom stereocenters. The van der Waals surface area contributed by atoms with Crippen molar-refractivity contribution in [3.63, 3.8) is 0 Å². The van der Waals surface area contributed by atoms with Gasteiger partial charge in [-0.25, -0.2) is 18.0 Å². The molecule has 3 aliphatic heterocycles. The summed E-state index contributed by atoms with van der Waals surface area (Å²) in [5.41, 5.74) is 1.08. The van der Waals surface area contributed by atoms with Crippen LogP contribution in [0.1, 0.15) is 58.4 Å². The van der Waals surface area contributed by atoms with Crippen LogP contribution < -0.4 is 4.90 Å². The van der Waals surface area contributed by atoms with E-state index in [1.165, 1.54) is 4.31 Å². The van der Waals surface area contributed by atoms with Gasteiger partial charge in [-0.1, -0.05) is 0 Å². The Kier molecular flexibility index (Phi) is 7.61. The summed E-state index contributed by atoms with van der Waals surface area (Å²) in [6.45, 7) is 8.82. The van der Waals surface area contributed by atoms with Crippen molar-refractivity contribution < 1.29 is 27.5 Å². The Hall–Kier alpha value is -2.33. The number of sulfonamides is 1. The maximum atomic E-state index is 12.9. The van der Waals surface area contributed by atoms with Crippen LogP contribution in [0.2, 0.25) is 0 Å². The lowest BCUT2D eigenvalue weighted by molar-refractivity contribution is 0.0175. The van der Waals surface area contributed by atoms with Crippen molar-refractivity contribution >= 4 is 27.9 Å². The molecule has 35 heavy (non-hydrogen) atoms. The zero-order valence-electron chi connectivity index (χ0n) is 21.0. The molecule has 0 aliphatic carbocycles. The van der Waals surface area contributed by atoms with Crippen molar-refractivity contribution in [2.75, 3.05) is 44.2 Å². The minimum atomic E-state index is -3.48. The summed E-state index contributed by atoms with van der Waals surface area (Å²) in [6.07, 6.45) is 4.20. The van der Waals surface area contributed by atoms with Gasteiger partial charge in [-0.05, 0) is 89.0 Å². The summed E-state index contributed by atoms with van der Waals surface area (Å²) in [5.74, 6) is 0.394. The van der Waals surface area contributed by atoms with E-state index in [0.717, 1.165) is 43.4 Å². The first-order chi connectivity index (χ1) is 16.5. The maximum Gasteiger partial charge on any atom is 0.414 e. The fraction of sp³-hybridized carbons (Fsp3) is 0.680. The smallest absolute Gasteiger partial charge is 0.414 e. The molecule has 3 heterocycles. The molecule has 0 bridgehead atoms. The molecule has 0 aromatic heterocycles. The number of benzene rings is 1. The van der Waals surface area contributed by atoms with Gasteiger partial charge in [0.15, 0.2) is 0 Å². The molecule has 4 rings (SSSR count). The molecule has 2 amide bonds. The Morgan fingerprint density at radius 2 is 1.69 bits per heavy atom. The molecule has 1 aromatic rings. The van der Waals surface area contributed by atoms with Crippen LogP contribution in [0.5, 0.6) is 0 Å². The third-order valence-electron chi connectivity index (χ3n) is 6.89. The first-order valence-electron chi connectivity index (χ1n) is 12.6. The van der Waals surface area contributed by atoms with Gasteiger partial charge in [0.2, 0.25) is 10.0 Å². The van der Waals surface area contributed by atoms with E-state index in [4.69, 9.17) is 9.47 Å². The minimum Gasteiger partial charge on any atom is -0.449 e. The van der Waals surface area contributed by atoms with Gasteiger partial charge in [-0.2, -0.15) is 4.31 Å². The van der Waals surface area contributed by atoms with Gasteiger partial charge in [-0.3, -0.25) is 4.90 Å². The van der Waals surface area contributed by atoms with Crippen LogP contribution in [0.4, 0.5) is 15.3 Å². The molecule has 0 radical (unpaired) electrons. The van der Waals surface area contributed by atoms with E-state index < -0.39 is 21.7 Å². The first-order valence-corrected chi connectivity index (χ1v) is 14.0. The van der Waals surface area contributed by atoms with Crippen molar-refractivity contribution in [1.29, 1.82) is 0 Å². The Balaban J connectivity index is 1.24. The predicted molar refractivity (Wildman–Crippen MR) is 132 cm³/mol. The molecule has 0 saturated carbocycles. The highest BCUT2D eigenvalue weighted by Gasteiger charge is 2.32. The number of ether oxygens (including phenoxy) is 2. The number of nitrogens with zero attached hydrogens (tertiary/aromatic N) is 3. The van der Waals surface area contributed by atoms with E-state index in [-0.39, 0.29) is 6.09 Å². The predicted octanol–water partition coefficient (Wildman–Crippen LogP) is 4.01. The zero-order chi connectivity index (χ0) is 25.2. The van der Waals surface area contributed by atoms with E-state index in [1.807, 2.05) is 20.8 Å². The molecule has 0 N–H and O–H groups in total. The van der Waals surface area contributed by atoms with Crippen molar-refractivity contribution in [1.82, 2.24) is 9.21 Å². The van der Waals surface area contributed by atoms with Crippen LogP contribution >= 0.6 is 0 Å². The number of hydrogen-bond donors (Lipinski definition) is 0. The molecule has 2 fully saturated rings. The molecule has 10 heteroatoms. The number of carbonyl (C=O) groups excluding carboxylic acids is 2. The van der Waals surface area contributed by atoms with Crippen LogP contribution in [-0.2, 0) is 25.9 Å². The highest BCUT2D eigenvalue weighted by Crippen LogP contribution is 2.32. The molecular formula is C25H37N3O6S. The highest BCUT2D eigenvalue weighted by molar-refractivity contribution is 7.89. The maximum absolute atomic E-state index is 12.9. The largest absolute Gasteiger partial charge is 0.449 e. The molecule has 0 spiro atoms. The molecule has 3 aliphatic rings. The van der Waals surface area contributed by atoms with E-state index in [2.05, 4.69) is 0 Å². The van der Waals surface area contributed by atoms with Crippen LogP contribution in [0.25, 0.3) is 0 Å². The summed E-state index contributed by atoms with van der Waals surface area (Å²) in [4.78, 5) is 28.6. The lowest BCUT2D eigenvalue weighted by atomic mass is 9.94. The van der Waals surface area contributed by atoms with Crippen LogP contribution in [0.3, 0.4) is 0 Å². The Morgan fingerprint density at radius 1 is 1.00 bits per heavy atom. The van der Waals surface area contributed by atoms with Crippen molar-refractivity contribution in [2.24, 2.45) is 5.92 Å². The van der Waals surface area contributed by atoms with Crippen LogP contribution in [0.15, 0.2) is 23.1 Å². The summed E-state index contributed by atoms with van der Waals surface area (Å²) in [6, 6.07) is 5.02. The topological polar surface area (TPSA) is 96.5 Å². The lowest BCUT2D eigenvalue weighted by Gasteiger charge is -2.33. The number of likely N-dealkylation sites (tertiary alicyclic amines) is 1. The summed E-state index contributed by atoms with van der Waals surface area (Å²) >= 11 is 0. The number of hydrogen-bond acceptors (Lipinski definition) is 6. The summed E-state index contributed by atoms with van der Waals surface area (Å²) in [7, 11) is -3.48. The molecule has 2 saturated heterocycles. The monoisotopic (exact) mass is 507 g/mol. The van der Waals surface area contributed by atoms with Gasteiger partial charge in [0.25, 0.3) is 0 Å². The van der Waals surface area contributed by atoms with Gasteiger partial charge >= 0.3 is 12.2 Å². The standard InChI is InChI=1S/C25H37N3O6S/c1-25(2,3)34-23(29)26-14-8-19(9-15-26)11-17-33-24(30)28-16-10-20-18-21(6-7-22(20)28)35(31,32)27-12-4-5-13-27/h6-7,18-19H,4-5,8-17H2,1-3H3. The second-order valence-corrected chi connectivity index (χ2v) is 12.6. The second-order valence-electron chi connectivity index (χ2n) is 10.6. The number of anilines is 1. The number of carbonyl (C=O) groups is 2. The van der Waals surface area contributed by atoms with E-state index in [9.17, 15) is 18.0 Å². The Bertz CT molecular complexity index is 1040. The van der Waals surface area contributed by atoms with Gasteiger partial charge in [0.05, 0.1) is 17.2 Å². The fourth-order valence-corrected chi connectivity index (χ4v) is 6.50. The van der Waals surface area contributed by atoms with E-state index in [0.29, 0.717) is 56.6 Å². The number of amides is 2. The van der Waals surface area contributed by atoms with E-state index in [1.54, 1.807) is 28.0 Å².